The zero-order valence-electron chi connectivity index (χ0n) is 29.8. The molecule has 1 amide bonds. The van der Waals surface area contributed by atoms with Gasteiger partial charge in [0.15, 0.2) is 0 Å². The van der Waals surface area contributed by atoms with Crippen molar-refractivity contribution in [1.82, 2.24) is 29.5 Å². The van der Waals surface area contributed by atoms with Crippen LogP contribution in [-0.4, -0.2) is 92.3 Å². The summed E-state index contributed by atoms with van der Waals surface area (Å²) in [6, 6.07) is 10.6. The number of H-pyrrole nitrogens is 1. The van der Waals surface area contributed by atoms with Gasteiger partial charge in [0.25, 0.3) is 5.91 Å². The molecule has 27 heteroatoms. The highest BCUT2D eigenvalue weighted by atomic mass is 19.4. The molecule has 4 heterocycles. The second-order valence-electron chi connectivity index (χ2n) is 11.6. The number of aliphatic carboxylic acids is 3. The first-order valence-corrected chi connectivity index (χ1v) is 15.8. The van der Waals surface area contributed by atoms with Crippen LogP contribution in [0, 0.1) is 6.92 Å². The van der Waals surface area contributed by atoms with Crippen LogP contribution in [0.5, 0.6) is 0 Å². The average Bonchev–Trinajstić information content (AvgIpc) is 3.79. The number of hydrogen-bond acceptors (Lipinski definition) is 9. The van der Waals surface area contributed by atoms with E-state index < -0.39 is 54.1 Å². The quantitative estimate of drug-likeness (QED) is 0.0935. The number of carboxylic acid groups (broad SMARTS) is 3. The third-order valence-electron chi connectivity index (χ3n) is 7.26. The molecule has 0 bridgehead atoms. The van der Waals surface area contributed by atoms with Crippen molar-refractivity contribution in [3.8, 4) is 16.8 Å². The number of aromatic nitrogens is 6. The van der Waals surface area contributed by atoms with Crippen molar-refractivity contribution < 1.29 is 92.3 Å². The number of fused-ring (bicyclic) bond motifs is 3. The summed E-state index contributed by atoms with van der Waals surface area (Å²) in [6.45, 7) is 1.45. The molecule has 0 atom stereocenters. The van der Waals surface area contributed by atoms with Gasteiger partial charge in [-0.25, -0.2) is 29.3 Å². The Kier molecular flexibility index (Phi) is 14.8. The number of nitrogens with zero attached hydrogens (tertiary/aromatic N) is 5. The molecule has 6 N–H and O–H groups in total. The number of pyridine rings is 1. The van der Waals surface area contributed by atoms with Gasteiger partial charge in [0.2, 0.25) is 0 Å². The molecule has 326 valence electrons. The molecule has 0 aliphatic rings. The van der Waals surface area contributed by atoms with Crippen LogP contribution in [0.25, 0.3) is 38.8 Å². The molecule has 6 rings (SSSR count). The predicted molar refractivity (Wildman–Crippen MR) is 183 cm³/mol. The van der Waals surface area contributed by atoms with E-state index in [-0.39, 0.29) is 23.6 Å². The molecule has 61 heavy (non-hydrogen) atoms. The fourth-order valence-electron chi connectivity index (χ4n) is 4.54. The van der Waals surface area contributed by atoms with E-state index in [1.807, 2.05) is 25.1 Å². The van der Waals surface area contributed by atoms with Crippen LogP contribution in [0.4, 0.5) is 58.4 Å². The maximum Gasteiger partial charge on any atom is 0.490 e. The Hall–Kier alpha value is -7.32. The van der Waals surface area contributed by atoms with Crippen LogP contribution in [0.1, 0.15) is 27.3 Å². The topological polar surface area (TPSA) is 234 Å². The number of rotatable bonds is 5. The number of aliphatic hydroxyl groups excluding tert-OH is 1. The van der Waals surface area contributed by atoms with Crippen molar-refractivity contribution in [2.45, 2.75) is 38.2 Å². The molecule has 0 unspecified atom stereocenters. The first-order valence-electron chi connectivity index (χ1n) is 15.8. The summed E-state index contributed by atoms with van der Waals surface area (Å²) in [7, 11) is 0. The van der Waals surface area contributed by atoms with Crippen LogP contribution in [0.2, 0.25) is 0 Å². The van der Waals surface area contributed by atoms with Crippen molar-refractivity contribution in [1.29, 1.82) is 0 Å². The summed E-state index contributed by atoms with van der Waals surface area (Å²) >= 11 is 0. The number of halogens is 12. The number of nitrogens with one attached hydrogen (secondary N) is 2. The molecule has 0 aliphatic heterocycles. The van der Waals surface area contributed by atoms with E-state index in [2.05, 4.69) is 30.2 Å². The number of amides is 1. The molecule has 0 spiro atoms. The minimum Gasteiger partial charge on any atom is -0.475 e. The number of imidazole rings is 1. The van der Waals surface area contributed by atoms with E-state index >= 15 is 0 Å². The first kappa shape index (κ1) is 48.1. The van der Waals surface area contributed by atoms with Gasteiger partial charge in [-0.1, -0.05) is 12.1 Å². The van der Waals surface area contributed by atoms with E-state index in [1.54, 1.807) is 12.3 Å². The Balaban J connectivity index is 0.000000390. The molecule has 2 aromatic carbocycles. The molecular weight excluding hydrogens is 862 g/mol. The molecule has 0 saturated heterocycles. The van der Waals surface area contributed by atoms with Gasteiger partial charge in [0.1, 0.15) is 12.0 Å². The lowest BCUT2D eigenvalue weighted by Crippen LogP contribution is -2.21. The van der Waals surface area contributed by atoms with E-state index in [0.29, 0.717) is 17.0 Å². The Bertz CT molecular complexity index is 2490. The molecule has 6 aromatic rings. The van der Waals surface area contributed by atoms with E-state index in [0.717, 1.165) is 39.5 Å². The van der Waals surface area contributed by atoms with Crippen LogP contribution in [0.3, 0.4) is 0 Å². The molecule has 0 saturated carbocycles. The summed E-state index contributed by atoms with van der Waals surface area (Å²) < 4.78 is 138. The first-order chi connectivity index (χ1) is 28.0. The maximum absolute atomic E-state index is 13.7. The standard InChI is InChI=1S/C28H20F3N7O2.3C2HF3O2/c1-15-23(16-2-3-22-24-10-32-13-34-26(24)37-25(22)6-16)8-19(9-33-15)36-27(40)17-4-18(28(29,30)31)7-21(5-17)38-11-20(12-39)35-14-38;3*3-2(4,5)1(6)7/h2-11,13-14,39H,12H2,1H3,(H,36,40)(H,32,34,37);3*(H,6,7). The molecule has 0 aliphatic carbocycles. The van der Waals surface area contributed by atoms with Gasteiger partial charge in [-0.3, -0.25) is 9.78 Å². The van der Waals surface area contributed by atoms with Crippen molar-refractivity contribution in [2.24, 2.45) is 0 Å². The van der Waals surface area contributed by atoms with Gasteiger partial charge in [-0.05, 0) is 42.8 Å². The van der Waals surface area contributed by atoms with Gasteiger partial charge >= 0.3 is 42.6 Å². The number of anilines is 1. The second-order valence-corrected chi connectivity index (χ2v) is 11.6. The summed E-state index contributed by atoms with van der Waals surface area (Å²) in [5.41, 5.74) is 3.31. The molecule has 4 aromatic heterocycles. The maximum atomic E-state index is 13.7. The molecule has 15 nitrogen and oxygen atoms in total. The smallest absolute Gasteiger partial charge is 0.475 e. The fourth-order valence-corrected chi connectivity index (χ4v) is 4.54. The molecule has 0 fully saturated rings. The Morgan fingerprint density at radius 1 is 0.738 bits per heavy atom. The van der Waals surface area contributed by atoms with Crippen LogP contribution in [-0.2, 0) is 27.2 Å². The normalized spacial score (nSPS) is 11.6. The Labute approximate surface area is 329 Å². The largest absolute Gasteiger partial charge is 0.490 e. The number of benzene rings is 2. The zero-order chi connectivity index (χ0) is 46.2. The van der Waals surface area contributed by atoms with Crippen molar-refractivity contribution in [2.75, 3.05) is 5.32 Å². The number of carbonyl (C=O) groups is 4. The van der Waals surface area contributed by atoms with Crippen molar-refractivity contribution in [3.05, 3.63) is 96.2 Å². The van der Waals surface area contributed by atoms with Gasteiger partial charge < -0.3 is 35.3 Å². The average molecular weight is 886 g/mol. The van der Waals surface area contributed by atoms with Gasteiger partial charge in [-0.15, -0.1) is 0 Å². The number of aromatic amines is 1. The minimum absolute atomic E-state index is 0.0752. The predicted octanol–water partition coefficient (Wildman–Crippen LogP) is 7.33. The number of alkyl halides is 12. The number of hydrogen-bond donors (Lipinski definition) is 6. The number of aliphatic hydroxyl groups is 1. The summed E-state index contributed by atoms with van der Waals surface area (Å²) in [5.74, 6) is -9.01. The minimum atomic E-state index is -5.08. The lowest BCUT2D eigenvalue weighted by atomic mass is 10.0. The van der Waals surface area contributed by atoms with Gasteiger partial charge in [0, 0.05) is 51.2 Å². The van der Waals surface area contributed by atoms with E-state index in [1.165, 1.54) is 35.7 Å². The Morgan fingerprint density at radius 2 is 1.31 bits per heavy atom. The number of carbonyl (C=O) groups excluding carboxylic acids is 1. The lowest BCUT2D eigenvalue weighted by molar-refractivity contribution is -0.193. The van der Waals surface area contributed by atoms with Crippen molar-refractivity contribution in [3.63, 3.8) is 0 Å². The molecule has 0 radical (unpaired) electrons. The van der Waals surface area contributed by atoms with Gasteiger partial charge in [-0.2, -0.15) is 52.7 Å². The summed E-state index contributed by atoms with van der Waals surface area (Å²) in [4.78, 5) is 59.8. The lowest BCUT2D eigenvalue weighted by Gasteiger charge is -2.14. The third kappa shape index (κ3) is 13.3. The SMILES string of the molecule is Cc1ncc(NC(=O)c2cc(-n3cnc(CO)c3)cc(C(F)(F)F)c2)cc1-c1ccc2c(c1)[nH]c1ncncc12.O=C(O)C(F)(F)F.O=C(O)C(F)(F)F.O=C(O)C(F)(F)F. The van der Waals surface area contributed by atoms with Crippen molar-refractivity contribution >= 4 is 51.4 Å². The second kappa shape index (κ2) is 18.7. The number of carboxylic acids is 3. The van der Waals surface area contributed by atoms with Crippen LogP contribution < -0.4 is 5.32 Å². The summed E-state index contributed by atoms with van der Waals surface area (Å²) in [5, 5.41) is 35.2. The van der Waals surface area contributed by atoms with Gasteiger partial charge in [0.05, 0.1) is 36.1 Å². The Morgan fingerprint density at radius 3 is 1.82 bits per heavy atom. The fraction of sp³-hybridized carbons (Fsp3) is 0.176. The zero-order valence-corrected chi connectivity index (χ0v) is 29.8. The van der Waals surface area contributed by atoms with E-state index in [4.69, 9.17) is 29.7 Å². The third-order valence-corrected chi connectivity index (χ3v) is 7.26. The van der Waals surface area contributed by atoms with Crippen LogP contribution in [0.15, 0.2) is 73.7 Å². The highest BCUT2D eigenvalue weighted by Crippen LogP contribution is 2.33. The summed E-state index contributed by atoms with van der Waals surface area (Å²) in [6.07, 6.45) is -12.6. The number of aryl methyl sites for hydroxylation is 1. The highest BCUT2D eigenvalue weighted by Gasteiger charge is 2.39. The monoisotopic (exact) mass is 885 g/mol. The molecular formula is C34H23F12N7O8. The highest BCUT2D eigenvalue weighted by molar-refractivity contribution is 6.07. The van der Waals surface area contributed by atoms with E-state index in [9.17, 15) is 62.6 Å². The van der Waals surface area contributed by atoms with Crippen LogP contribution >= 0.6 is 0 Å².